The number of nitrogens with one attached hydrogen (secondary N) is 2. The number of hydrogen-bond donors (Lipinski definition) is 2. The van der Waals surface area contributed by atoms with Crippen molar-refractivity contribution < 1.29 is 19.1 Å². The maximum atomic E-state index is 12.4. The zero-order chi connectivity index (χ0) is 21.6. The first-order valence-electron chi connectivity index (χ1n) is 10.6. The molecule has 0 spiro atoms. The summed E-state index contributed by atoms with van der Waals surface area (Å²) in [7, 11) is 1.58. The van der Waals surface area contributed by atoms with Crippen molar-refractivity contribution >= 4 is 17.5 Å². The molecule has 0 aliphatic carbocycles. The van der Waals surface area contributed by atoms with Gasteiger partial charge in [-0.1, -0.05) is 32.6 Å². The van der Waals surface area contributed by atoms with Crippen LogP contribution < -0.4 is 15.4 Å². The van der Waals surface area contributed by atoms with Gasteiger partial charge < -0.3 is 20.1 Å². The van der Waals surface area contributed by atoms with E-state index in [9.17, 15) is 9.59 Å². The fourth-order valence-electron chi connectivity index (χ4n) is 2.88. The predicted molar refractivity (Wildman–Crippen MR) is 119 cm³/mol. The molecule has 0 aliphatic heterocycles. The van der Waals surface area contributed by atoms with Gasteiger partial charge in [-0.3, -0.25) is 9.59 Å². The predicted octanol–water partition coefficient (Wildman–Crippen LogP) is 4.66. The largest absolute Gasteiger partial charge is 0.494 e. The van der Waals surface area contributed by atoms with E-state index in [1.54, 1.807) is 43.5 Å². The molecule has 2 aromatic rings. The fourth-order valence-corrected chi connectivity index (χ4v) is 2.88. The molecule has 2 aromatic carbocycles. The summed E-state index contributed by atoms with van der Waals surface area (Å²) in [5.74, 6) is 0.384. The van der Waals surface area contributed by atoms with E-state index < -0.39 is 0 Å². The second kappa shape index (κ2) is 13.4. The second-order valence-corrected chi connectivity index (χ2v) is 7.07. The van der Waals surface area contributed by atoms with Crippen LogP contribution in [0.15, 0.2) is 48.5 Å². The van der Waals surface area contributed by atoms with E-state index in [1.165, 1.54) is 25.7 Å². The van der Waals surface area contributed by atoms with Crippen LogP contribution in [0.4, 0.5) is 5.69 Å². The zero-order valence-corrected chi connectivity index (χ0v) is 17.9. The Balaban J connectivity index is 1.79. The topological polar surface area (TPSA) is 76.7 Å². The van der Waals surface area contributed by atoms with Crippen molar-refractivity contribution in [2.75, 3.05) is 32.2 Å². The molecule has 0 fully saturated rings. The number of unbranched alkanes of at least 4 members (excludes halogenated alkanes) is 4. The highest BCUT2D eigenvalue weighted by molar-refractivity contribution is 6.04. The number of benzene rings is 2. The third-order valence-corrected chi connectivity index (χ3v) is 4.63. The first kappa shape index (κ1) is 23.4. The van der Waals surface area contributed by atoms with Crippen LogP contribution in [0.25, 0.3) is 0 Å². The van der Waals surface area contributed by atoms with Crippen molar-refractivity contribution in [2.45, 2.75) is 39.0 Å². The second-order valence-electron chi connectivity index (χ2n) is 7.07. The van der Waals surface area contributed by atoms with Gasteiger partial charge in [-0.05, 0) is 55.0 Å². The van der Waals surface area contributed by atoms with E-state index in [1.807, 2.05) is 12.1 Å². The summed E-state index contributed by atoms with van der Waals surface area (Å²) in [6.45, 7) is 3.81. The number of carbonyl (C=O) groups is 2. The Labute approximate surface area is 179 Å². The first-order valence-corrected chi connectivity index (χ1v) is 10.6. The van der Waals surface area contributed by atoms with Crippen molar-refractivity contribution in [1.29, 1.82) is 0 Å². The van der Waals surface area contributed by atoms with Crippen LogP contribution >= 0.6 is 0 Å². The summed E-state index contributed by atoms with van der Waals surface area (Å²) in [6.07, 6.45) is 5.98. The van der Waals surface area contributed by atoms with E-state index in [2.05, 4.69) is 17.6 Å². The molecule has 162 valence electrons. The van der Waals surface area contributed by atoms with Crippen LogP contribution in [0.1, 0.15) is 59.7 Å². The lowest BCUT2D eigenvalue weighted by Gasteiger charge is -2.09. The fraction of sp³-hybridized carbons (Fsp3) is 0.417. The highest BCUT2D eigenvalue weighted by Gasteiger charge is 2.08. The monoisotopic (exact) mass is 412 g/mol. The van der Waals surface area contributed by atoms with Gasteiger partial charge in [0.2, 0.25) is 0 Å². The molecule has 6 nitrogen and oxygen atoms in total. The molecule has 0 aliphatic rings. The van der Waals surface area contributed by atoms with Gasteiger partial charge in [0.05, 0.1) is 13.2 Å². The van der Waals surface area contributed by atoms with Gasteiger partial charge in [-0.2, -0.15) is 0 Å². The smallest absolute Gasteiger partial charge is 0.255 e. The van der Waals surface area contributed by atoms with E-state index >= 15 is 0 Å². The molecule has 30 heavy (non-hydrogen) atoms. The molecule has 0 bridgehead atoms. The lowest BCUT2D eigenvalue weighted by atomic mass is 10.1. The van der Waals surface area contributed by atoms with E-state index in [0.29, 0.717) is 36.6 Å². The number of hydrogen-bond acceptors (Lipinski definition) is 4. The van der Waals surface area contributed by atoms with Crippen LogP contribution in [-0.4, -0.2) is 38.7 Å². The molecule has 2 rings (SSSR count). The van der Waals surface area contributed by atoms with Gasteiger partial charge in [0.25, 0.3) is 11.8 Å². The molecule has 0 unspecified atom stereocenters. The molecule has 0 radical (unpaired) electrons. The summed E-state index contributed by atoms with van der Waals surface area (Å²) in [5.41, 5.74) is 1.70. The first-order chi connectivity index (χ1) is 14.6. The van der Waals surface area contributed by atoms with Crippen LogP contribution in [0.2, 0.25) is 0 Å². The maximum absolute atomic E-state index is 12.4. The highest BCUT2D eigenvalue weighted by Crippen LogP contribution is 2.16. The van der Waals surface area contributed by atoms with E-state index in [0.717, 1.165) is 12.2 Å². The number of carbonyl (C=O) groups excluding carboxylic acids is 2. The number of rotatable bonds is 13. The minimum absolute atomic E-state index is 0.175. The van der Waals surface area contributed by atoms with Gasteiger partial charge in [0.1, 0.15) is 5.75 Å². The SMILES string of the molecule is CCCCCCCOc1ccc(C(=O)Nc2ccc(C(=O)NCCOC)cc2)cc1. The average molecular weight is 413 g/mol. The van der Waals surface area contributed by atoms with Gasteiger partial charge in [0, 0.05) is 30.5 Å². The van der Waals surface area contributed by atoms with Crippen molar-refractivity contribution in [3.63, 3.8) is 0 Å². The van der Waals surface area contributed by atoms with Gasteiger partial charge >= 0.3 is 0 Å². The maximum Gasteiger partial charge on any atom is 0.255 e. The van der Waals surface area contributed by atoms with E-state index in [4.69, 9.17) is 9.47 Å². The Kier molecular flexibility index (Phi) is 10.4. The summed E-state index contributed by atoms with van der Waals surface area (Å²) in [4.78, 5) is 24.4. The quantitative estimate of drug-likeness (QED) is 0.469. The van der Waals surface area contributed by atoms with Crippen LogP contribution in [0.5, 0.6) is 5.75 Å². The molecule has 2 N–H and O–H groups in total. The Morgan fingerprint density at radius 2 is 1.43 bits per heavy atom. The molecule has 0 saturated carbocycles. The van der Waals surface area contributed by atoms with Crippen molar-refractivity contribution in [3.05, 3.63) is 59.7 Å². The minimum atomic E-state index is -0.210. The Morgan fingerprint density at radius 1 is 0.800 bits per heavy atom. The number of anilines is 1. The summed E-state index contributed by atoms with van der Waals surface area (Å²) >= 11 is 0. The Bertz CT molecular complexity index is 773. The number of methoxy groups -OCH3 is 1. The third kappa shape index (κ3) is 8.25. The number of ether oxygens (including phenoxy) is 2. The Hall–Kier alpha value is -2.86. The summed E-state index contributed by atoms with van der Waals surface area (Å²) < 4.78 is 10.6. The van der Waals surface area contributed by atoms with Gasteiger partial charge in [0.15, 0.2) is 0 Å². The summed E-state index contributed by atoms with van der Waals surface area (Å²) in [6, 6.07) is 13.9. The number of amides is 2. The molecule has 2 amide bonds. The normalized spacial score (nSPS) is 10.5. The molecular formula is C24H32N2O4. The van der Waals surface area contributed by atoms with Crippen molar-refractivity contribution in [1.82, 2.24) is 5.32 Å². The molecule has 0 saturated heterocycles. The van der Waals surface area contributed by atoms with Crippen molar-refractivity contribution in [3.8, 4) is 5.75 Å². The lowest BCUT2D eigenvalue weighted by molar-refractivity contribution is 0.0936. The minimum Gasteiger partial charge on any atom is -0.494 e. The van der Waals surface area contributed by atoms with Crippen molar-refractivity contribution in [2.24, 2.45) is 0 Å². The molecule has 0 heterocycles. The van der Waals surface area contributed by atoms with Crippen LogP contribution in [-0.2, 0) is 4.74 Å². The average Bonchev–Trinajstić information content (AvgIpc) is 2.77. The van der Waals surface area contributed by atoms with E-state index in [-0.39, 0.29) is 11.8 Å². The molecule has 6 heteroatoms. The lowest BCUT2D eigenvalue weighted by Crippen LogP contribution is -2.26. The molecule has 0 aromatic heterocycles. The highest BCUT2D eigenvalue weighted by atomic mass is 16.5. The zero-order valence-electron chi connectivity index (χ0n) is 17.9. The third-order valence-electron chi connectivity index (χ3n) is 4.63. The van der Waals surface area contributed by atoms with Gasteiger partial charge in [-0.25, -0.2) is 0 Å². The Morgan fingerprint density at radius 3 is 2.10 bits per heavy atom. The molecule has 0 atom stereocenters. The summed E-state index contributed by atoms with van der Waals surface area (Å²) in [5, 5.41) is 5.59. The van der Waals surface area contributed by atoms with Crippen LogP contribution in [0.3, 0.4) is 0 Å². The standard InChI is InChI=1S/C24H32N2O4/c1-3-4-5-6-7-17-30-22-14-10-20(11-15-22)24(28)26-21-12-8-19(9-13-21)23(27)25-16-18-29-2/h8-15H,3-7,16-18H2,1-2H3,(H,25,27)(H,26,28). The van der Waals surface area contributed by atoms with Gasteiger partial charge in [-0.15, -0.1) is 0 Å². The van der Waals surface area contributed by atoms with Crippen LogP contribution in [0, 0.1) is 0 Å². The molecular weight excluding hydrogens is 380 g/mol.